The molecule has 0 fully saturated rings. The lowest BCUT2D eigenvalue weighted by Gasteiger charge is -1.90. The molecule has 0 aliphatic heterocycles. The van der Waals surface area contributed by atoms with Crippen molar-refractivity contribution in [3.63, 3.8) is 0 Å². The van der Waals surface area contributed by atoms with E-state index in [0.717, 1.165) is 0 Å². The fourth-order valence-corrected chi connectivity index (χ4v) is 0.646. The van der Waals surface area contributed by atoms with Gasteiger partial charge >= 0.3 is 5.97 Å². The van der Waals surface area contributed by atoms with Gasteiger partial charge in [-0.15, -0.1) is 0 Å². The molecule has 1 rings (SSSR count). The largest absolute Gasteiger partial charge is 0.456 e. The van der Waals surface area contributed by atoms with E-state index in [9.17, 15) is 4.79 Å². The van der Waals surface area contributed by atoms with Crippen LogP contribution in [0.5, 0.6) is 0 Å². The molecule has 4 heteroatoms. The van der Waals surface area contributed by atoms with E-state index in [1.54, 1.807) is 6.92 Å². The Balaban J connectivity index is 2.62. The van der Waals surface area contributed by atoms with Crippen LogP contribution in [0.4, 0.5) is 0 Å². The summed E-state index contributed by atoms with van der Waals surface area (Å²) in [6.45, 7) is 2.05. The van der Waals surface area contributed by atoms with Crippen molar-refractivity contribution >= 4 is 5.97 Å². The predicted octanol–water partition coefficient (Wildman–Crippen LogP) is 0.391. The van der Waals surface area contributed by atoms with E-state index >= 15 is 0 Å². The second-order valence-corrected chi connectivity index (χ2v) is 2.06. The minimum absolute atomic E-state index is 0.327. The maximum absolute atomic E-state index is 10.8. The van der Waals surface area contributed by atoms with Gasteiger partial charge in [-0.1, -0.05) is 0 Å². The fraction of sp³-hybridized carbons (Fsp3) is 0.222. The average Bonchev–Trinajstić information content (AvgIpc) is 2.17. The van der Waals surface area contributed by atoms with E-state index in [4.69, 9.17) is 0 Å². The number of nitrogens with zero attached hydrogens (tertiary/aromatic N) is 2. The molecule has 0 spiro atoms. The standard InChI is InChI=1S/C9H8N2O2/c1-2-13-9(12)4-3-8-7-10-5-6-11-8/h5-7H,2H2,1H3. The SMILES string of the molecule is CCOC(=O)C#Cc1cnccn1. The van der Waals surface area contributed by atoms with Crippen molar-refractivity contribution < 1.29 is 9.53 Å². The van der Waals surface area contributed by atoms with Gasteiger partial charge in [0.1, 0.15) is 5.69 Å². The highest BCUT2D eigenvalue weighted by Gasteiger charge is 1.92. The van der Waals surface area contributed by atoms with E-state index in [1.807, 2.05) is 0 Å². The third-order valence-corrected chi connectivity index (χ3v) is 1.13. The summed E-state index contributed by atoms with van der Waals surface area (Å²) < 4.78 is 4.60. The Kier molecular flexibility index (Phi) is 3.45. The van der Waals surface area contributed by atoms with Gasteiger partial charge in [-0.3, -0.25) is 4.98 Å². The molecule has 0 bridgehead atoms. The molecule has 0 radical (unpaired) electrons. The van der Waals surface area contributed by atoms with E-state index in [-0.39, 0.29) is 0 Å². The lowest BCUT2D eigenvalue weighted by molar-refractivity contribution is -0.136. The molecular formula is C9H8N2O2. The summed E-state index contributed by atoms with van der Waals surface area (Å²) in [5, 5.41) is 0. The lowest BCUT2D eigenvalue weighted by atomic mass is 10.4. The zero-order valence-corrected chi connectivity index (χ0v) is 7.15. The van der Waals surface area contributed by atoms with Crippen molar-refractivity contribution in [2.45, 2.75) is 6.92 Å². The number of carbonyl (C=O) groups is 1. The Bertz CT molecular complexity index is 338. The van der Waals surface area contributed by atoms with E-state index < -0.39 is 5.97 Å². The Morgan fingerprint density at radius 2 is 2.46 bits per heavy atom. The van der Waals surface area contributed by atoms with Crippen LogP contribution in [-0.4, -0.2) is 22.5 Å². The van der Waals surface area contributed by atoms with Crippen LogP contribution in [-0.2, 0) is 9.53 Å². The van der Waals surface area contributed by atoms with Gasteiger partial charge in [-0.25, -0.2) is 9.78 Å². The summed E-state index contributed by atoms with van der Waals surface area (Å²) in [5.74, 6) is 4.27. The molecule has 0 amide bonds. The number of hydrogen-bond donors (Lipinski definition) is 0. The molecule has 1 heterocycles. The van der Waals surface area contributed by atoms with Crippen LogP contribution >= 0.6 is 0 Å². The third-order valence-electron chi connectivity index (χ3n) is 1.13. The van der Waals surface area contributed by atoms with Gasteiger partial charge in [0.15, 0.2) is 0 Å². The monoisotopic (exact) mass is 176 g/mol. The smallest absolute Gasteiger partial charge is 0.384 e. The van der Waals surface area contributed by atoms with Gasteiger partial charge in [0, 0.05) is 18.3 Å². The first-order chi connectivity index (χ1) is 6.33. The molecule has 0 aliphatic carbocycles. The molecule has 1 aromatic heterocycles. The molecule has 1 aromatic rings. The molecule has 0 saturated carbocycles. The highest BCUT2D eigenvalue weighted by molar-refractivity contribution is 5.88. The molecule has 0 atom stereocenters. The highest BCUT2D eigenvalue weighted by Crippen LogP contribution is 1.85. The van der Waals surface area contributed by atoms with Gasteiger partial charge in [-0.05, 0) is 12.8 Å². The van der Waals surface area contributed by atoms with Crippen molar-refractivity contribution in [3.8, 4) is 11.8 Å². The summed E-state index contributed by atoms with van der Waals surface area (Å²) in [6.07, 6.45) is 4.52. The third kappa shape index (κ3) is 3.34. The normalized spacial score (nSPS) is 8.38. The van der Waals surface area contributed by atoms with Crippen LogP contribution in [0, 0.1) is 11.8 Å². The van der Waals surface area contributed by atoms with Crippen molar-refractivity contribution in [1.82, 2.24) is 9.97 Å². The van der Waals surface area contributed by atoms with Crippen LogP contribution in [0.2, 0.25) is 0 Å². The van der Waals surface area contributed by atoms with E-state index in [1.165, 1.54) is 18.6 Å². The summed E-state index contributed by atoms with van der Waals surface area (Å²) in [7, 11) is 0. The molecule has 0 aliphatic rings. The lowest BCUT2D eigenvalue weighted by Crippen LogP contribution is -1.99. The first-order valence-corrected chi connectivity index (χ1v) is 3.77. The number of esters is 1. The number of ether oxygens (including phenoxy) is 1. The minimum atomic E-state index is -0.548. The van der Waals surface area contributed by atoms with Gasteiger partial charge in [0.2, 0.25) is 0 Å². The first-order valence-electron chi connectivity index (χ1n) is 3.77. The second-order valence-electron chi connectivity index (χ2n) is 2.06. The van der Waals surface area contributed by atoms with Crippen molar-refractivity contribution in [2.75, 3.05) is 6.61 Å². The van der Waals surface area contributed by atoms with Crippen molar-refractivity contribution in [1.29, 1.82) is 0 Å². The number of rotatable bonds is 1. The Hall–Kier alpha value is -1.89. The molecule has 0 unspecified atom stereocenters. The van der Waals surface area contributed by atoms with Crippen LogP contribution in [0.1, 0.15) is 12.6 Å². The van der Waals surface area contributed by atoms with Gasteiger partial charge in [-0.2, -0.15) is 0 Å². The maximum atomic E-state index is 10.8. The number of hydrogen-bond acceptors (Lipinski definition) is 4. The van der Waals surface area contributed by atoms with E-state index in [2.05, 4.69) is 26.5 Å². The van der Waals surface area contributed by atoms with Gasteiger partial charge in [0.05, 0.1) is 12.8 Å². The second kappa shape index (κ2) is 4.88. The minimum Gasteiger partial charge on any atom is -0.456 e. The highest BCUT2D eigenvalue weighted by atomic mass is 16.5. The Labute approximate surface area is 76.0 Å². The fourth-order valence-electron chi connectivity index (χ4n) is 0.646. The van der Waals surface area contributed by atoms with Gasteiger partial charge < -0.3 is 4.74 Å². The summed E-state index contributed by atoms with van der Waals surface area (Å²) in [4.78, 5) is 18.4. The van der Waals surface area contributed by atoms with Crippen LogP contribution in [0.3, 0.4) is 0 Å². The average molecular weight is 176 g/mol. The molecular weight excluding hydrogens is 168 g/mol. The van der Waals surface area contributed by atoms with Crippen LogP contribution in [0.25, 0.3) is 0 Å². The molecule has 0 N–H and O–H groups in total. The first kappa shape index (κ1) is 9.20. The zero-order valence-electron chi connectivity index (χ0n) is 7.15. The Morgan fingerprint density at radius 1 is 1.62 bits per heavy atom. The molecule has 0 saturated heterocycles. The zero-order chi connectivity index (χ0) is 9.52. The van der Waals surface area contributed by atoms with Crippen LogP contribution < -0.4 is 0 Å². The summed E-state index contributed by atoms with van der Waals surface area (Å²) in [6, 6.07) is 0. The van der Waals surface area contributed by atoms with Crippen LogP contribution in [0.15, 0.2) is 18.6 Å². The molecule has 66 valence electrons. The van der Waals surface area contributed by atoms with Crippen molar-refractivity contribution in [3.05, 3.63) is 24.3 Å². The summed E-state index contributed by atoms with van der Waals surface area (Å²) in [5.41, 5.74) is 0.454. The molecule has 0 aromatic carbocycles. The molecule has 4 nitrogen and oxygen atoms in total. The predicted molar refractivity (Wildman–Crippen MR) is 45.5 cm³/mol. The molecule has 13 heavy (non-hydrogen) atoms. The quantitative estimate of drug-likeness (QED) is 0.459. The maximum Gasteiger partial charge on any atom is 0.384 e. The van der Waals surface area contributed by atoms with E-state index in [0.29, 0.717) is 12.3 Å². The Morgan fingerprint density at radius 3 is 3.08 bits per heavy atom. The summed E-state index contributed by atoms with van der Waals surface area (Å²) >= 11 is 0. The van der Waals surface area contributed by atoms with Gasteiger partial charge in [0.25, 0.3) is 0 Å². The van der Waals surface area contributed by atoms with Crippen molar-refractivity contribution in [2.24, 2.45) is 0 Å². The number of carbonyl (C=O) groups excluding carboxylic acids is 1. The topological polar surface area (TPSA) is 52.1 Å². The number of aromatic nitrogens is 2.